The predicted molar refractivity (Wildman–Crippen MR) is 90.1 cm³/mol. The van der Waals surface area contributed by atoms with Crippen LogP contribution < -0.4 is 5.32 Å². The van der Waals surface area contributed by atoms with Gasteiger partial charge in [0.25, 0.3) is 0 Å². The van der Waals surface area contributed by atoms with E-state index in [-0.39, 0.29) is 11.9 Å². The average molecular weight is 344 g/mol. The maximum absolute atomic E-state index is 14.0. The molecule has 0 fully saturated rings. The molecule has 1 atom stereocenters. The molecule has 0 radical (unpaired) electrons. The molecule has 1 N–H and O–H groups in total. The van der Waals surface area contributed by atoms with Crippen LogP contribution in [-0.2, 0) is 0 Å². The molecule has 0 spiro atoms. The molecule has 3 aromatic rings. The summed E-state index contributed by atoms with van der Waals surface area (Å²) in [4.78, 5) is 0. The smallest absolute Gasteiger partial charge is 0.129 e. The van der Waals surface area contributed by atoms with Crippen LogP contribution in [0.25, 0.3) is 10.8 Å². The van der Waals surface area contributed by atoms with Gasteiger partial charge in [-0.25, -0.2) is 4.39 Å². The van der Waals surface area contributed by atoms with E-state index in [1.807, 2.05) is 31.2 Å². The third-order valence-electron chi connectivity index (χ3n) is 3.56. The van der Waals surface area contributed by atoms with Crippen molar-refractivity contribution >= 4 is 32.4 Å². The van der Waals surface area contributed by atoms with Crippen molar-refractivity contribution in [2.45, 2.75) is 13.0 Å². The summed E-state index contributed by atoms with van der Waals surface area (Å²) >= 11 is 3.28. The van der Waals surface area contributed by atoms with Gasteiger partial charge in [0, 0.05) is 15.7 Å². The van der Waals surface area contributed by atoms with Crippen molar-refractivity contribution in [3.8, 4) is 0 Å². The Hall–Kier alpha value is -1.87. The zero-order valence-corrected chi connectivity index (χ0v) is 13.2. The molecule has 0 aliphatic heterocycles. The van der Waals surface area contributed by atoms with Crippen LogP contribution >= 0.6 is 15.9 Å². The Bertz CT molecular complexity index is 785. The normalized spacial score (nSPS) is 12.3. The molecule has 0 aromatic heterocycles. The highest BCUT2D eigenvalue weighted by atomic mass is 79.9. The molecular weight excluding hydrogens is 329 g/mol. The van der Waals surface area contributed by atoms with Crippen molar-refractivity contribution in [3.63, 3.8) is 0 Å². The minimum Gasteiger partial charge on any atom is -0.378 e. The largest absolute Gasteiger partial charge is 0.378 e. The molecule has 0 amide bonds. The van der Waals surface area contributed by atoms with Crippen LogP contribution in [0, 0.1) is 5.82 Å². The van der Waals surface area contributed by atoms with E-state index in [2.05, 4.69) is 45.5 Å². The van der Waals surface area contributed by atoms with E-state index in [1.54, 1.807) is 6.07 Å². The molecule has 3 aromatic carbocycles. The molecule has 0 saturated heterocycles. The first-order valence-corrected chi connectivity index (χ1v) is 7.63. The quantitative estimate of drug-likeness (QED) is 0.622. The van der Waals surface area contributed by atoms with Crippen molar-refractivity contribution in [3.05, 3.63) is 76.5 Å². The highest BCUT2D eigenvalue weighted by Gasteiger charge is 2.11. The van der Waals surface area contributed by atoms with Gasteiger partial charge in [0.1, 0.15) is 5.82 Å². The van der Waals surface area contributed by atoms with Gasteiger partial charge in [-0.1, -0.05) is 52.3 Å². The van der Waals surface area contributed by atoms with Crippen LogP contribution in [0.15, 0.2) is 65.1 Å². The summed E-state index contributed by atoms with van der Waals surface area (Å²) in [6, 6.07) is 19.4. The van der Waals surface area contributed by atoms with E-state index in [9.17, 15) is 4.39 Å². The number of nitrogens with one attached hydrogen (secondary N) is 1. The summed E-state index contributed by atoms with van der Waals surface area (Å²) in [5.74, 6) is -0.204. The lowest BCUT2D eigenvalue weighted by Gasteiger charge is -2.17. The lowest BCUT2D eigenvalue weighted by molar-refractivity contribution is 0.599. The van der Waals surface area contributed by atoms with E-state index in [0.717, 1.165) is 10.2 Å². The zero-order chi connectivity index (χ0) is 14.8. The van der Waals surface area contributed by atoms with Gasteiger partial charge < -0.3 is 5.32 Å². The SMILES string of the molecule is CC(Nc1ccc2ccccc2c1)c1ccc(Br)cc1F. The Balaban J connectivity index is 1.87. The Labute approximate surface area is 131 Å². The maximum Gasteiger partial charge on any atom is 0.129 e. The first-order chi connectivity index (χ1) is 10.1. The van der Waals surface area contributed by atoms with Gasteiger partial charge >= 0.3 is 0 Å². The van der Waals surface area contributed by atoms with Crippen LogP contribution in [0.3, 0.4) is 0 Å². The second kappa shape index (κ2) is 5.86. The van der Waals surface area contributed by atoms with Gasteiger partial charge in [0.05, 0.1) is 6.04 Å². The maximum atomic E-state index is 14.0. The average Bonchev–Trinajstić information content (AvgIpc) is 2.47. The molecule has 0 aliphatic carbocycles. The topological polar surface area (TPSA) is 12.0 Å². The lowest BCUT2D eigenvalue weighted by atomic mass is 10.1. The minimum atomic E-state index is -0.204. The third kappa shape index (κ3) is 3.08. The molecule has 0 aliphatic rings. The molecule has 1 nitrogen and oxygen atoms in total. The fraction of sp³-hybridized carbons (Fsp3) is 0.111. The Morgan fingerprint density at radius 3 is 2.48 bits per heavy atom. The third-order valence-corrected chi connectivity index (χ3v) is 4.05. The van der Waals surface area contributed by atoms with E-state index in [1.165, 1.54) is 16.8 Å². The molecular formula is C18H15BrFN. The first-order valence-electron chi connectivity index (χ1n) is 6.84. The van der Waals surface area contributed by atoms with Crippen molar-refractivity contribution in [2.75, 3.05) is 5.32 Å². The van der Waals surface area contributed by atoms with Crippen molar-refractivity contribution in [1.82, 2.24) is 0 Å². The molecule has 0 saturated carbocycles. The summed E-state index contributed by atoms with van der Waals surface area (Å²) in [6.07, 6.45) is 0. The number of benzene rings is 3. The van der Waals surface area contributed by atoms with Gasteiger partial charge in [-0.3, -0.25) is 0 Å². The van der Waals surface area contributed by atoms with Crippen LogP contribution in [0.4, 0.5) is 10.1 Å². The van der Waals surface area contributed by atoms with Gasteiger partial charge in [0.15, 0.2) is 0 Å². The molecule has 0 heterocycles. The lowest BCUT2D eigenvalue weighted by Crippen LogP contribution is -2.08. The van der Waals surface area contributed by atoms with Crippen LogP contribution in [-0.4, -0.2) is 0 Å². The fourth-order valence-corrected chi connectivity index (χ4v) is 2.79. The van der Waals surface area contributed by atoms with Crippen LogP contribution in [0.5, 0.6) is 0 Å². The highest BCUT2D eigenvalue weighted by molar-refractivity contribution is 9.10. The Morgan fingerprint density at radius 2 is 1.71 bits per heavy atom. The van der Waals surface area contributed by atoms with E-state index in [0.29, 0.717) is 5.56 Å². The highest BCUT2D eigenvalue weighted by Crippen LogP contribution is 2.26. The summed E-state index contributed by atoms with van der Waals surface area (Å²) in [5, 5.41) is 5.73. The molecule has 1 unspecified atom stereocenters. The first kappa shape index (κ1) is 14.1. The van der Waals surface area contributed by atoms with Crippen molar-refractivity contribution in [2.24, 2.45) is 0 Å². The number of fused-ring (bicyclic) bond motifs is 1. The van der Waals surface area contributed by atoms with Crippen molar-refractivity contribution in [1.29, 1.82) is 0 Å². The summed E-state index contributed by atoms with van der Waals surface area (Å²) in [5.41, 5.74) is 1.65. The number of hydrogen-bond donors (Lipinski definition) is 1. The van der Waals surface area contributed by atoms with Crippen LogP contribution in [0.1, 0.15) is 18.5 Å². The van der Waals surface area contributed by atoms with E-state index < -0.39 is 0 Å². The second-order valence-electron chi connectivity index (χ2n) is 5.09. The monoisotopic (exact) mass is 343 g/mol. The number of hydrogen-bond acceptors (Lipinski definition) is 1. The molecule has 21 heavy (non-hydrogen) atoms. The fourth-order valence-electron chi connectivity index (χ4n) is 2.46. The molecule has 106 valence electrons. The zero-order valence-electron chi connectivity index (χ0n) is 11.6. The standard InChI is InChI=1S/C18H15BrFN/c1-12(17-9-7-15(19)11-18(17)20)21-16-8-6-13-4-2-3-5-14(13)10-16/h2-12,21H,1H3. The summed E-state index contributed by atoms with van der Waals surface area (Å²) in [7, 11) is 0. The second-order valence-corrected chi connectivity index (χ2v) is 6.01. The number of rotatable bonds is 3. The van der Waals surface area contributed by atoms with E-state index in [4.69, 9.17) is 0 Å². The number of halogens is 2. The van der Waals surface area contributed by atoms with Gasteiger partial charge in [-0.2, -0.15) is 0 Å². The number of anilines is 1. The van der Waals surface area contributed by atoms with Gasteiger partial charge in [-0.15, -0.1) is 0 Å². The minimum absolute atomic E-state index is 0.0979. The summed E-state index contributed by atoms with van der Waals surface area (Å²) in [6.45, 7) is 1.96. The van der Waals surface area contributed by atoms with E-state index >= 15 is 0 Å². The van der Waals surface area contributed by atoms with Crippen LogP contribution in [0.2, 0.25) is 0 Å². The van der Waals surface area contributed by atoms with Gasteiger partial charge in [-0.05, 0) is 42.0 Å². The summed E-state index contributed by atoms with van der Waals surface area (Å²) < 4.78 is 14.7. The Morgan fingerprint density at radius 1 is 0.952 bits per heavy atom. The predicted octanol–water partition coefficient (Wildman–Crippen LogP) is 5.91. The molecule has 3 heteroatoms. The van der Waals surface area contributed by atoms with Gasteiger partial charge in [0.2, 0.25) is 0 Å². The van der Waals surface area contributed by atoms with Crippen molar-refractivity contribution < 1.29 is 4.39 Å². The molecule has 3 rings (SSSR count). The molecule has 0 bridgehead atoms. The Kier molecular flexibility index (Phi) is 3.93.